The van der Waals surface area contributed by atoms with E-state index in [1.807, 2.05) is 18.2 Å². The first kappa shape index (κ1) is 22.0. The van der Waals surface area contributed by atoms with Crippen LogP contribution in [0.15, 0.2) is 48.5 Å². The van der Waals surface area contributed by atoms with E-state index >= 15 is 0 Å². The zero-order valence-corrected chi connectivity index (χ0v) is 19.7. The Balaban J connectivity index is 1.16. The van der Waals surface area contributed by atoms with Crippen molar-refractivity contribution in [1.29, 1.82) is 0 Å². The fourth-order valence-corrected chi connectivity index (χ4v) is 6.09. The number of ether oxygens (including phenoxy) is 1. The number of benzene rings is 2. The SMILES string of the molecule is O=C1CCC(N2Cc3cc(O[C@H]4CCCC4=[N+]4CCC(c5ccccc5)C4)ccc3C2=O)C(=O)N1. The number of imide groups is 1. The molecule has 2 unspecified atom stereocenters. The van der Waals surface area contributed by atoms with Crippen molar-refractivity contribution >= 4 is 23.4 Å². The maximum Gasteiger partial charge on any atom is 0.255 e. The van der Waals surface area contributed by atoms with Crippen LogP contribution in [0.25, 0.3) is 0 Å². The van der Waals surface area contributed by atoms with Crippen molar-refractivity contribution in [2.24, 2.45) is 0 Å². The van der Waals surface area contributed by atoms with Gasteiger partial charge in [-0.05, 0) is 48.6 Å². The van der Waals surface area contributed by atoms with E-state index in [1.54, 1.807) is 4.90 Å². The van der Waals surface area contributed by atoms with Gasteiger partial charge in [-0.1, -0.05) is 30.3 Å². The molecule has 7 heteroatoms. The van der Waals surface area contributed by atoms with Gasteiger partial charge in [0.25, 0.3) is 5.91 Å². The summed E-state index contributed by atoms with van der Waals surface area (Å²) >= 11 is 0. The standard InChI is InChI=1S/C28H29N3O4/c32-26-12-11-24(27(33)29-26)31-17-20-15-21(9-10-22(20)28(31)34)35-25-8-4-7-23(25)30-14-13-19(16-30)18-5-2-1-3-6-18/h1-3,5-6,9-10,15,19,24-25H,4,7-8,11-14,16-17H2/p+1/t19?,24?,25-/m0/s1. The minimum atomic E-state index is -0.598. The molecule has 4 aliphatic rings. The lowest BCUT2D eigenvalue weighted by Crippen LogP contribution is -2.52. The summed E-state index contributed by atoms with van der Waals surface area (Å²) < 4.78 is 9.01. The largest absolute Gasteiger partial charge is 0.480 e. The highest BCUT2D eigenvalue weighted by Crippen LogP contribution is 2.32. The monoisotopic (exact) mass is 472 g/mol. The van der Waals surface area contributed by atoms with Gasteiger partial charge in [0, 0.05) is 37.3 Å². The molecule has 3 heterocycles. The summed E-state index contributed by atoms with van der Waals surface area (Å²) in [6.45, 7) is 2.47. The lowest BCUT2D eigenvalue weighted by Gasteiger charge is -2.29. The van der Waals surface area contributed by atoms with Gasteiger partial charge in [-0.15, -0.1) is 0 Å². The van der Waals surface area contributed by atoms with Crippen LogP contribution in [0.4, 0.5) is 0 Å². The Morgan fingerprint density at radius 1 is 0.971 bits per heavy atom. The van der Waals surface area contributed by atoms with E-state index in [2.05, 4.69) is 40.2 Å². The van der Waals surface area contributed by atoms with Gasteiger partial charge in [0.15, 0.2) is 11.8 Å². The van der Waals surface area contributed by atoms with Crippen LogP contribution in [0.2, 0.25) is 0 Å². The Morgan fingerprint density at radius 2 is 1.83 bits per heavy atom. The van der Waals surface area contributed by atoms with Crippen molar-refractivity contribution in [1.82, 2.24) is 10.2 Å². The summed E-state index contributed by atoms with van der Waals surface area (Å²) in [6, 6.07) is 15.8. The molecule has 1 N–H and O–H groups in total. The molecule has 2 aromatic rings. The van der Waals surface area contributed by atoms with Crippen molar-refractivity contribution in [2.45, 2.75) is 63.1 Å². The van der Waals surface area contributed by atoms with Gasteiger partial charge >= 0.3 is 0 Å². The number of carbonyl (C=O) groups excluding carboxylic acids is 3. The second-order valence-electron chi connectivity index (χ2n) is 10.1. The van der Waals surface area contributed by atoms with Crippen molar-refractivity contribution in [3.63, 3.8) is 0 Å². The van der Waals surface area contributed by atoms with Crippen LogP contribution in [-0.4, -0.2) is 58.1 Å². The van der Waals surface area contributed by atoms with Gasteiger partial charge in [0.1, 0.15) is 24.9 Å². The van der Waals surface area contributed by atoms with Crippen molar-refractivity contribution in [2.75, 3.05) is 13.1 Å². The van der Waals surface area contributed by atoms with Crippen LogP contribution in [0.5, 0.6) is 5.75 Å². The molecule has 35 heavy (non-hydrogen) atoms. The summed E-state index contributed by atoms with van der Waals surface area (Å²) in [6.07, 6.45) is 5.04. The highest BCUT2D eigenvalue weighted by molar-refractivity contribution is 6.05. The van der Waals surface area contributed by atoms with Crippen LogP contribution in [0, 0.1) is 0 Å². The molecular weight excluding hydrogens is 442 g/mol. The summed E-state index contributed by atoms with van der Waals surface area (Å²) in [4.78, 5) is 38.3. The van der Waals surface area contributed by atoms with Gasteiger partial charge in [0.2, 0.25) is 11.8 Å². The first-order valence-corrected chi connectivity index (χ1v) is 12.7. The molecule has 0 spiro atoms. The van der Waals surface area contributed by atoms with Gasteiger partial charge < -0.3 is 9.64 Å². The molecule has 1 aliphatic carbocycles. The predicted molar refractivity (Wildman–Crippen MR) is 130 cm³/mol. The van der Waals surface area contributed by atoms with Crippen LogP contribution in [0.3, 0.4) is 0 Å². The van der Waals surface area contributed by atoms with E-state index in [0.717, 1.165) is 50.1 Å². The molecule has 1 saturated carbocycles. The van der Waals surface area contributed by atoms with E-state index in [1.165, 1.54) is 11.3 Å². The zero-order chi connectivity index (χ0) is 23.9. The van der Waals surface area contributed by atoms with Crippen LogP contribution >= 0.6 is 0 Å². The van der Waals surface area contributed by atoms with Crippen molar-refractivity contribution < 1.29 is 23.7 Å². The highest BCUT2D eigenvalue weighted by Gasteiger charge is 2.40. The van der Waals surface area contributed by atoms with Crippen LogP contribution in [0.1, 0.15) is 65.9 Å². The highest BCUT2D eigenvalue weighted by atomic mass is 16.5. The number of hydrogen-bond acceptors (Lipinski definition) is 4. The number of amides is 3. The third-order valence-corrected chi connectivity index (χ3v) is 7.91. The Hall–Kier alpha value is -3.48. The average Bonchev–Trinajstić information content (AvgIpc) is 3.59. The second-order valence-corrected chi connectivity index (χ2v) is 10.1. The van der Waals surface area contributed by atoms with E-state index in [0.29, 0.717) is 24.4 Å². The lowest BCUT2D eigenvalue weighted by atomic mass is 9.99. The van der Waals surface area contributed by atoms with Gasteiger partial charge in [0.05, 0.1) is 0 Å². The van der Waals surface area contributed by atoms with Crippen LogP contribution in [-0.2, 0) is 16.1 Å². The zero-order valence-electron chi connectivity index (χ0n) is 19.7. The first-order chi connectivity index (χ1) is 17.1. The summed E-state index contributed by atoms with van der Waals surface area (Å²) in [5, 5.41) is 2.35. The summed E-state index contributed by atoms with van der Waals surface area (Å²) in [5.74, 6) is 0.517. The Morgan fingerprint density at radius 3 is 2.66 bits per heavy atom. The number of fused-ring (bicyclic) bond motifs is 1. The third kappa shape index (κ3) is 4.13. The number of hydrogen-bond donors (Lipinski definition) is 1. The molecule has 2 saturated heterocycles. The molecule has 2 aromatic carbocycles. The Labute approximate surface area is 204 Å². The van der Waals surface area contributed by atoms with E-state index in [9.17, 15) is 14.4 Å². The number of piperidine rings is 1. The molecule has 0 radical (unpaired) electrons. The molecule has 0 bridgehead atoms. The maximum absolute atomic E-state index is 13.0. The average molecular weight is 473 g/mol. The summed E-state index contributed by atoms with van der Waals surface area (Å²) in [7, 11) is 0. The minimum absolute atomic E-state index is 0.0610. The first-order valence-electron chi connectivity index (χ1n) is 12.7. The molecule has 7 nitrogen and oxygen atoms in total. The van der Waals surface area contributed by atoms with E-state index in [-0.39, 0.29) is 30.2 Å². The summed E-state index contributed by atoms with van der Waals surface area (Å²) in [5.41, 5.74) is 4.30. The number of nitrogens with zero attached hydrogens (tertiary/aromatic N) is 2. The van der Waals surface area contributed by atoms with Gasteiger partial charge in [-0.2, -0.15) is 0 Å². The van der Waals surface area contributed by atoms with E-state index < -0.39 is 6.04 Å². The predicted octanol–water partition coefficient (Wildman–Crippen LogP) is 3.02. The number of carbonyl (C=O) groups is 3. The van der Waals surface area contributed by atoms with Gasteiger partial charge in [-0.25, -0.2) is 4.58 Å². The fraction of sp³-hybridized carbons (Fsp3) is 0.429. The molecule has 3 aliphatic heterocycles. The minimum Gasteiger partial charge on any atom is -0.480 e. The fourth-order valence-electron chi connectivity index (χ4n) is 6.09. The molecule has 6 rings (SSSR count). The normalized spacial score (nSPS) is 28.4. The molecule has 180 valence electrons. The third-order valence-electron chi connectivity index (χ3n) is 7.91. The van der Waals surface area contributed by atoms with Gasteiger partial charge in [-0.3, -0.25) is 19.7 Å². The Bertz CT molecular complexity index is 1220. The molecule has 3 fully saturated rings. The van der Waals surface area contributed by atoms with Crippen molar-refractivity contribution in [3.8, 4) is 5.75 Å². The molecule has 3 atom stereocenters. The molecule has 3 amide bonds. The maximum atomic E-state index is 13.0. The second kappa shape index (κ2) is 8.95. The Kier molecular flexibility index (Phi) is 5.63. The number of nitrogens with one attached hydrogen (secondary N) is 1. The number of rotatable bonds is 4. The van der Waals surface area contributed by atoms with Crippen LogP contribution < -0.4 is 10.1 Å². The van der Waals surface area contributed by atoms with Crippen molar-refractivity contribution in [3.05, 3.63) is 65.2 Å². The molecule has 0 aromatic heterocycles. The smallest absolute Gasteiger partial charge is 0.255 e. The quantitative estimate of drug-likeness (QED) is 0.548. The topological polar surface area (TPSA) is 78.7 Å². The van der Waals surface area contributed by atoms with E-state index in [4.69, 9.17) is 4.74 Å². The molecular formula is C28H30N3O4+. The lowest BCUT2D eigenvalue weighted by molar-refractivity contribution is -0.510.